The number of amides is 1. The fourth-order valence-electron chi connectivity index (χ4n) is 5.97. The molecule has 0 saturated carbocycles. The number of nitrogens with one attached hydrogen (secondary N) is 1. The van der Waals surface area contributed by atoms with E-state index in [1.165, 1.54) is 0 Å². The van der Waals surface area contributed by atoms with Gasteiger partial charge in [0.2, 0.25) is 11.5 Å². The van der Waals surface area contributed by atoms with Gasteiger partial charge < -0.3 is 29.5 Å². The number of carbonyl (C=O) groups is 3. The normalized spacial score (nSPS) is 21.0. The lowest BCUT2D eigenvalue weighted by atomic mass is 9.82. The van der Waals surface area contributed by atoms with Crippen LogP contribution in [0.5, 0.6) is 0 Å². The summed E-state index contributed by atoms with van der Waals surface area (Å²) in [5.41, 5.74) is -0.0502. The Balaban J connectivity index is 0.000000566. The molecule has 1 atom stereocenters. The standard InChI is InChI=1S/C31H34N2O4.C2HF3O2/c34-29(32-27-15-8-3-9-16-27)17-10-20-33-21-18-24(19-22-33)28(23-33)37-30(35)31(36,25-11-4-1-5-12-25)26-13-6-2-7-14-26;3-2(4,5)1(6)7/h1-9,11-16,24,28,36H,10,17-23H2;(H,6,7)/t24?,28-,33?;/m0./s1. The maximum absolute atomic E-state index is 13.7. The van der Waals surface area contributed by atoms with E-state index >= 15 is 0 Å². The van der Waals surface area contributed by atoms with E-state index in [0.717, 1.165) is 55.6 Å². The highest BCUT2D eigenvalue weighted by atomic mass is 19.4. The number of carbonyl (C=O) groups excluding carboxylic acids is 3. The molecule has 3 heterocycles. The first-order chi connectivity index (χ1) is 20.9. The number of ether oxygens (including phenoxy) is 1. The fraction of sp³-hybridized carbons (Fsp3) is 0.364. The number of para-hydroxylation sites is 1. The Morgan fingerprint density at radius 3 is 1.82 bits per heavy atom. The first-order valence-electron chi connectivity index (χ1n) is 14.5. The summed E-state index contributed by atoms with van der Waals surface area (Å²) in [6.45, 7) is 3.70. The minimum absolute atomic E-state index is 0.0232. The number of aliphatic hydroxyl groups is 1. The molecular weight excluding hydrogens is 577 g/mol. The molecule has 0 aliphatic carbocycles. The molecule has 234 valence electrons. The van der Waals surface area contributed by atoms with Crippen molar-refractivity contribution in [1.82, 2.24) is 0 Å². The van der Waals surface area contributed by atoms with Crippen molar-refractivity contribution < 1.29 is 47.0 Å². The van der Waals surface area contributed by atoms with E-state index in [9.17, 15) is 27.9 Å². The molecule has 0 spiro atoms. The van der Waals surface area contributed by atoms with Crippen LogP contribution in [0.1, 0.15) is 36.8 Å². The summed E-state index contributed by atoms with van der Waals surface area (Å²) in [5.74, 6) is -3.30. The number of esters is 1. The lowest BCUT2D eigenvalue weighted by Crippen LogP contribution is -2.65. The van der Waals surface area contributed by atoms with Gasteiger partial charge in [0.15, 0.2) is 6.10 Å². The first-order valence-corrected chi connectivity index (χ1v) is 14.5. The maximum Gasteiger partial charge on any atom is 0.430 e. The number of quaternary nitrogens is 1. The van der Waals surface area contributed by atoms with E-state index in [2.05, 4.69) is 5.32 Å². The number of nitrogens with zero attached hydrogens (tertiary/aromatic N) is 1. The van der Waals surface area contributed by atoms with Crippen LogP contribution in [-0.4, -0.2) is 65.9 Å². The van der Waals surface area contributed by atoms with Crippen LogP contribution in [0, 0.1) is 5.92 Å². The van der Waals surface area contributed by atoms with Crippen molar-refractivity contribution in [3.05, 3.63) is 102 Å². The molecule has 3 aromatic rings. The van der Waals surface area contributed by atoms with Gasteiger partial charge in [-0.1, -0.05) is 78.9 Å². The third-order valence-corrected chi connectivity index (χ3v) is 8.30. The van der Waals surface area contributed by atoms with Crippen LogP contribution in [0.15, 0.2) is 91.0 Å². The van der Waals surface area contributed by atoms with Crippen LogP contribution in [0.3, 0.4) is 0 Å². The van der Waals surface area contributed by atoms with Crippen molar-refractivity contribution in [2.24, 2.45) is 5.92 Å². The number of hydrogen-bond donors (Lipinski definition) is 2. The Morgan fingerprint density at radius 1 is 0.864 bits per heavy atom. The van der Waals surface area contributed by atoms with E-state index in [0.29, 0.717) is 23.5 Å². The average molecular weight is 613 g/mol. The molecule has 2 bridgehead atoms. The molecule has 3 fully saturated rings. The Bertz CT molecular complexity index is 1360. The van der Waals surface area contributed by atoms with E-state index in [4.69, 9.17) is 14.6 Å². The number of aliphatic carboxylic acids is 1. The Kier molecular flexibility index (Phi) is 10.4. The quantitative estimate of drug-likeness (QED) is 0.281. The zero-order chi connectivity index (χ0) is 31.8. The van der Waals surface area contributed by atoms with Gasteiger partial charge in [-0.25, -0.2) is 4.79 Å². The number of anilines is 1. The van der Waals surface area contributed by atoms with Gasteiger partial charge in [-0.15, -0.1) is 0 Å². The Morgan fingerprint density at radius 2 is 1.34 bits per heavy atom. The number of piperidine rings is 3. The summed E-state index contributed by atoms with van der Waals surface area (Å²) in [6, 6.07) is 27.6. The molecule has 3 saturated heterocycles. The third-order valence-electron chi connectivity index (χ3n) is 8.30. The number of halogens is 3. The summed E-state index contributed by atoms with van der Waals surface area (Å²) in [4.78, 5) is 34.9. The highest BCUT2D eigenvalue weighted by Gasteiger charge is 2.50. The minimum atomic E-state index is -5.19. The summed E-state index contributed by atoms with van der Waals surface area (Å²) in [5, 5.41) is 23.5. The van der Waals surface area contributed by atoms with Crippen molar-refractivity contribution in [2.45, 2.75) is 43.6 Å². The number of carboxylic acids is 1. The molecule has 11 heteroatoms. The van der Waals surface area contributed by atoms with E-state index in [1.54, 1.807) is 24.3 Å². The van der Waals surface area contributed by atoms with E-state index in [-0.39, 0.29) is 12.0 Å². The lowest BCUT2D eigenvalue weighted by Gasteiger charge is -2.52. The topological polar surface area (TPSA) is 116 Å². The summed E-state index contributed by atoms with van der Waals surface area (Å²) in [7, 11) is 0. The highest BCUT2D eigenvalue weighted by molar-refractivity contribution is 5.90. The van der Waals surface area contributed by atoms with Crippen LogP contribution < -0.4 is 10.4 Å². The maximum atomic E-state index is 13.7. The minimum Gasteiger partial charge on any atom is -0.542 e. The molecule has 0 unspecified atom stereocenters. The third kappa shape index (κ3) is 8.03. The van der Waals surface area contributed by atoms with Crippen LogP contribution in [0.2, 0.25) is 0 Å². The number of hydrogen-bond acceptors (Lipinski definition) is 6. The second-order valence-electron chi connectivity index (χ2n) is 11.2. The van der Waals surface area contributed by atoms with Crippen molar-refractivity contribution in [3.8, 4) is 0 Å². The van der Waals surface area contributed by atoms with Gasteiger partial charge in [-0.05, 0) is 23.3 Å². The predicted molar refractivity (Wildman–Crippen MR) is 154 cm³/mol. The van der Waals surface area contributed by atoms with Crippen LogP contribution >= 0.6 is 0 Å². The molecule has 44 heavy (non-hydrogen) atoms. The van der Waals surface area contributed by atoms with Crippen LogP contribution in [0.4, 0.5) is 18.9 Å². The molecule has 0 aromatic heterocycles. The molecule has 3 aliphatic heterocycles. The van der Waals surface area contributed by atoms with Gasteiger partial charge in [-0.3, -0.25) is 4.79 Å². The predicted octanol–water partition coefficient (Wildman–Crippen LogP) is 3.79. The zero-order valence-electron chi connectivity index (χ0n) is 24.0. The number of rotatable bonds is 9. The summed E-state index contributed by atoms with van der Waals surface area (Å²) in [6.07, 6.45) is -2.22. The van der Waals surface area contributed by atoms with Gasteiger partial charge in [-0.2, -0.15) is 13.2 Å². The average Bonchev–Trinajstić information content (AvgIpc) is 3.02. The number of alkyl halides is 3. The molecular formula is C33H35F3N2O6. The smallest absolute Gasteiger partial charge is 0.430 e. The van der Waals surface area contributed by atoms with Crippen molar-refractivity contribution in [3.63, 3.8) is 0 Å². The van der Waals surface area contributed by atoms with E-state index < -0.39 is 23.7 Å². The Labute approximate surface area is 253 Å². The number of fused-ring (bicyclic) bond motifs is 3. The lowest BCUT2D eigenvalue weighted by molar-refractivity contribution is -0.946. The van der Waals surface area contributed by atoms with Gasteiger partial charge in [0.1, 0.15) is 12.5 Å². The molecule has 2 N–H and O–H groups in total. The molecule has 6 rings (SSSR count). The zero-order valence-corrected chi connectivity index (χ0v) is 24.0. The molecule has 0 radical (unpaired) electrons. The van der Waals surface area contributed by atoms with Gasteiger partial charge >= 0.3 is 12.1 Å². The van der Waals surface area contributed by atoms with E-state index in [1.807, 2.05) is 66.7 Å². The Hall–Kier alpha value is -4.22. The summed E-state index contributed by atoms with van der Waals surface area (Å²) < 4.78 is 38.6. The van der Waals surface area contributed by atoms with Crippen molar-refractivity contribution in [1.29, 1.82) is 0 Å². The monoisotopic (exact) mass is 612 g/mol. The molecule has 8 nitrogen and oxygen atoms in total. The second-order valence-corrected chi connectivity index (χ2v) is 11.2. The molecule has 1 amide bonds. The highest BCUT2D eigenvalue weighted by Crippen LogP contribution is 2.38. The largest absolute Gasteiger partial charge is 0.542 e. The van der Waals surface area contributed by atoms with Crippen molar-refractivity contribution >= 4 is 23.5 Å². The van der Waals surface area contributed by atoms with Crippen LogP contribution in [-0.2, 0) is 24.7 Å². The molecule has 3 aliphatic rings. The van der Waals surface area contributed by atoms with Gasteiger partial charge in [0, 0.05) is 37.3 Å². The fourth-order valence-corrected chi connectivity index (χ4v) is 5.97. The summed E-state index contributed by atoms with van der Waals surface area (Å²) >= 11 is 0. The number of carboxylic acid groups (broad SMARTS) is 1. The SMILES string of the molecule is O=C(CCC[N+]12CCC(CC1)[C@@H](OC(=O)C(O)(c1ccccc1)c1ccccc1)C2)Nc1ccccc1.O=C([O-])C(F)(F)F. The van der Waals surface area contributed by atoms with Gasteiger partial charge in [0.25, 0.3) is 0 Å². The van der Waals surface area contributed by atoms with Crippen molar-refractivity contribution in [2.75, 3.05) is 31.5 Å². The number of benzene rings is 3. The molecule has 3 aromatic carbocycles. The van der Waals surface area contributed by atoms with Crippen LogP contribution in [0.25, 0.3) is 0 Å². The first kappa shape index (κ1) is 32.7. The second kappa shape index (κ2) is 14.0. The van der Waals surface area contributed by atoms with Gasteiger partial charge in [0.05, 0.1) is 19.6 Å².